The molecule has 0 fully saturated rings. The molecule has 0 saturated carbocycles. The lowest BCUT2D eigenvalue weighted by Crippen LogP contribution is -2.48. The van der Waals surface area contributed by atoms with E-state index in [4.69, 9.17) is 9.47 Å². The van der Waals surface area contributed by atoms with Crippen LogP contribution in [0.5, 0.6) is 5.75 Å². The molecule has 0 aromatic heterocycles. The molecule has 2 N–H and O–H groups in total. The Hall–Kier alpha value is -2.08. The van der Waals surface area contributed by atoms with Gasteiger partial charge in [-0.1, -0.05) is 18.2 Å². The van der Waals surface area contributed by atoms with Crippen LogP contribution in [0.3, 0.4) is 0 Å². The first kappa shape index (κ1) is 17.0. The monoisotopic (exact) mass is 294 g/mol. The van der Waals surface area contributed by atoms with Crippen LogP contribution in [0.2, 0.25) is 0 Å². The first-order valence-corrected chi connectivity index (χ1v) is 6.85. The molecule has 6 heteroatoms. The van der Waals surface area contributed by atoms with Crippen molar-refractivity contribution in [2.24, 2.45) is 0 Å². The van der Waals surface area contributed by atoms with Crippen LogP contribution in [0.1, 0.15) is 25.0 Å². The zero-order valence-corrected chi connectivity index (χ0v) is 12.9. The summed E-state index contributed by atoms with van der Waals surface area (Å²) in [7, 11) is 0. The number of hydrogen-bond acceptors (Lipinski definition) is 4. The summed E-state index contributed by atoms with van der Waals surface area (Å²) in [5, 5.41) is 0. The van der Waals surface area contributed by atoms with Crippen LogP contribution in [0.4, 0.5) is 0 Å². The SMILES string of the molecule is CCOCC(=O)NNC(=O)C(C)Oc1c(C)cccc1C. The Balaban J connectivity index is 2.50. The maximum Gasteiger partial charge on any atom is 0.279 e. The van der Waals surface area contributed by atoms with E-state index in [-0.39, 0.29) is 6.61 Å². The van der Waals surface area contributed by atoms with E-state index < -0.39 is 17.9 Å². The molecule has 0 aliphatic heterocycles. The number of carbonyl (C=O) groups is 2. The predicted molar refractivity (Wildman–Crippen MR) is 78.8 cm³/mol. The lowest BCUT2D eigenvalue weighted by molar-refractivity contribution is -0.134. The summed E-state index contributed by atoms with van der Waals surface area (Å²) < 4.78 is 10.6. The van der Waals surface area contributed by atoms with Gasteiger partial charge in [0.15, 0.2) is 6.10 Å². The molecule has 1 atom stereocenters. The van der Waals surface area contributed by atoms with Crippen LogP contribution < -0.4 is 15.6 Å². The van der Waals surface area contributed by atoms with Crippen LogP contribution in [-0.2, 0) is 14.3 Å². The first-order valence-electron chi connectivity index (χ1n) is 6.85. The molecule has 1 aromatic carbocycles. The van der Waals surface area contributed by atoms with Crippen molar-refractivity contribution in [1.82, 2.24) is 10.9 Å². The van der Waals surface area contributed by atoms with Crippen molar-refractivity contribution in [3.05, 3.63) is 29.3 Å². The second kappa shape index (κ2) is 8.26. The third-order valence-electron chi connectivity index (χ3n) is 2.84. The van der Waals surface area contributed by atoms with Gasteiger partial charge in [0.2, 0.25) is 0 Å². The summed E-state index contributed by atoms with van der Waals surface area (Å²) in [5.41, 5.74) is 6.48. The van der Waals surface area contributed by atoms with Crippen LogP contribution in [-0.4, -0.2) is 31.1 Å². The van der Waals surface area contributed by atoms with Crippen molar-refractivity contribution in [3.8, 4) is 5.75 Å². The Morgan fingerprint density at radius 3 is 2.38 bits per heavy atom. The molecule has 6 nitrogen and oxygen atoms in total. The molecule has 0 radical (unpaired) electrons. The van der Waals surface area contributed by atoms with E-state index in [1.54, 1.807) is 13.8 Å². The van der Waals surface area contributed by atoms with Gasteiger partial charge in [0.25, 0.3) is 11.8 Å². The second-order valence-corrected chi connectivity index (χ2v) is 4.66. The minimum absolute atomic E-state index is 0.0943. The molecule has 1 aromatic rings. The van der Waals surface area contributed by atoms with Gasteiger partial charge in [-0.05, 0) is 38.8 Å². The number of benzene rings is 1. The van der Waals surface area contributed by atoms with Crippen molar-refractivity contribution in [1.29, 1.82) is 0 Å². The largest absolute Gasteiger partial charge is 0.480 e. The molecule has 0 heterocycles. The first-order chi connectivity index (χ1) is 9.95. The number of hydrazine groups is 1. The van der Waals surface area contributed by atoms with Crippen molar-refractivity contribution in [2.45, 2.75) is 33.8 Å². The van der Waals surface area contributed by atoms with Crippen LogP contribution in [0, 0.1) is 13.8 Å². The number of amides is 2. The third-order valence-corrected chi connectivity index (χ3v) is 2.84. The second-order valence-electron chi connectivity index (χ2n) is 4.66. The maximum atomic E-state index is 11.9. The highest BCUT2D eigenvalue weighted by Gasteiger charge is 2.17. The van der Waals surface area contributed by atoms with E-state index in [0.29, 0.717) is 12.4 Å². The molecular formula is C15H22N2O4. The van der Waals surface area contributed by atoms with Crippen molar-refractivity contribution in [2.75, 3.05) is 13.2 Å². The van der Waals surface area contributed by atoms with E-state index in [0.717, 1.165) is 11.1 Å². The third kappa shape index (κ3) is 5.43. The highest BCUT2D eigenvalue weighted by Crippen LogP contribution is 2.23. The lowest BCUT2D eigenvalue weighted by Gasteiger charge is -2.18. The summed E-state index contributed by atoms with van der Waals surface area (Å²) in [4.78, 5) is 23.2. The van der Waals surface area contributed by atoms with Gasteiger partial charge >= 0.3 is 0 Å². The molecule has 0 bridgehead atoms. The number of ether oxygens (including phenoxy) is 2. The van der Waals surface area contributed by atoms with Crippen LogP contribution in [0.15, 0.2) is 18.2 Å². The smallest absolute Gasteiger partial charge is 0.279 e. The van der Waals surface area contributed by atoms with Crippen molar-refractivity contribution in [3.63, 3.8) is 0 Å². The Bertz CT molecular complexity index is 482. The van der Waals surface area contributed by atoms with E-state index in [2.05, 4.69) is 10.9 Å². The number of carbonyl (C=O) groups excluding carboxylic acids is 2. The lowest BCUT2D eigenvalue weighted by atomic mass is 10.1. The summed E-state index contributed by atoms with van der Waals surface area (Å²) in [6, 6.07) is 5.75. The molecule has 21 heavy (non-hydrogen) atoms. The molecule has 116 valence electrons. The average molecular weight is 294 g/mol. The van der Waals surface area contributed by atoms with Gasteiger partial charge in [-0.2, -0.15) is 0 Å². The maximum absolute atomic E-state index is 11.9. The highest BCUT2D eigenvalue weighted by molar-refractivity contribution is 5.85. The number of hydrogen-bond donors (Lipinski definition) is 2. The van der Waals surface area contributed by atoms with E-state index in [1.165, 1.54) is 0 Å². The van der Waals surface area contributed by atoms with Crippen LogP contribution in [0.25, 0.3) is 0 Å². The van der Waals surface area contributed by atoms with Crippen molar-refractivity contribution < 1.29 is 19.1 Å². The summed E-state index contributed by atoms with van der Waals surface area (Å²) in [6.45, 7) is 7.58. The molecule has 1 rings (SSSR count). The molecule has 0 spiro atoms. The minimum atomic E-state index is -0.725. The average Bonchev–Trinajstić information content (AvgIpc) is 2.46. The number of aryl methyl sites for hydroxylation is 2. The van der Waals surface area contributed by atoms with Gasteiger partial charge in [-0.3, -0.25) is 20.4 Å². The van der Waals surface area contributed by atoms with Gasteiger partial charge < -0.3 is 9.47 Å². The normalized spacial score (nSPS) is 11.6. The Morgan fingerprint density at radius 1 is 1.19 bits per heavy atom. The Kier molecular flexibility index (Phi) is 6.68. The number of para-hydroxylation sites is 1. The number of rotatable bonds is 6. The standard InChI is InChI=1S/C15H22N2O4/c1-5-20-9-13(18)16-17-15(19)12(4)21-14-10(2)7-6-8-11(14)3/h6-8,12H,5,9H2,1-4H3,(H,16,18)(H,17,19). The summed E-state index contributed by atoms with van der Waals surface area (Å²) in [6.07, 6.45) is -0.725. The fraction of sp³-hybridized carbons (Fsp3) is 0.467. The fourth-order valence-electron chi connectivity index (χ4n) is 1.68. The van der Waals surface area contributed by atoms with E-state index >= 15 is 0 Å². The molecule has 0 saturated heterocycles. The Labute approximate surface area is 124 Å². The zero-order chi connectivity index (χ0) is 15.8. The summed E-state index contributed by atoms with van der Waals surface area (Å²) >= 11 is 0. The zero-order valence-electron chi connectivity index (χ0n) is 12.9. The fourth-order valence-corrected chi connectivity index (χ4v) is 1.68. The molecule has 0 aliphatic rings. The highest BCUT2D eigenvalue weighted by atomic mass is 16.5. The molecule has 0 aliphatic carbocycles. The molecular weight excluding hydrogens is 272 g/mol. The summed E-state index contributed by atoms with van der Waals surface area (Å²) in [5.74, 6) is -0.159. The van der Waals surface area contributed by atoms with Gasteiger partial charge in [-0.25, -0.2) is 0 Å². The predicted octanol–water partition coefficient (Wildman–Crippen LogP) is 1.25. The van der Waals surface area contributed by atoms with Gasteiger partial charge in [0.1, 0.15) is 12.4 Å². The van der Waals surface area contributed by atoms with E-state index in [1.807, 2.05) is 32.0 Å². The quantitative estimate of drug-likeness (QED) is 0.774. The van der Waals surface area contributed by atoms with E-state index in [9.17, 15) is 9.59 Å². The molecule has 2 amide bonds. The molecule has 1 unspecified atom stereocenters. The Morgan fingerprint density at radius 2 is 1.81 bits per heavy atom. The minimum Gasteiger partial charge on any atom is -0.480 e. The van der Waals surface area contributed by atoms with Crippen molar-refractivity contribution >= 4 is 11.8 Å². The van der Waals surface area contributed by atoms with Gasteiger partial charge in [0, 0.05) is 6.61 Å². The van der Waals surface area contributed by atoms with Crippen LogP contribution >= 0.6 is 0 Å². The number of nitrogens with one attached hydrogen (secondary N) is 2. The van der Waals surface area contributed by atoms with Gasteiger partial charge in [-0.15, -0.1) is 0 Å². The topological polar surface area (TPSA) is 76.7 Å². The van der Waals surface area contributed by atoms with Gasteiger partial charge in [0.05, 0.1) is 0 Å².